The molecule has 1 aliphatic heterocycles. The van der Waals surface area contributed by atoms with Gasteiger partial charge in [0.15, 0.2) is 0 Å². The molecule has 0 spiro atoms. The van der Waals surface area contributed by atoms with Crippen molar-refractivity contribution in [3.05, 3.63) is 35.9 Å². The van der Waals surface area contributed by atoms with Crippen molar-refractivity contribution in [1.82, 2.24) is 24.9 Å². The van der Waals surface area contributed by atoms with Crippen molar-refractivity contribution in [3.8, 4) is 0 Å². The number of rotatable bonds is 21. The zero-order valence-corrected chi connectivity index (χ0v) is 37.2. The summed E-state index contributed by atoms with van der Waals surface area (Å²) in [6.07, 6.45) is 0.633. The van der Waals surface area contributed by atoms with Gasteiger partial charge in [0.05, 0.1) is 42.7 Å². The summed E-state index contributed by atoms with van der Waals surface area (Å²) in [5.74, 6) is -3.23. The van der Waals surface area contributed by atoms with Crippen LogP contribution < -0.4 is 11.1 Å². The Morgan fingerprint density at radius 1 is 0.965 bits per heavy atom. The first-order chi connectivity index (χ1) is 26.5. The number of methoxy groups -OCH3 is 2. The number of carboxylic acid groups (broad SMARTS) is 1. The number of carbonyl (C=O) groups is 5. The van der Waals surface area contributed by atoms with E-state index >= 15 is 0 Å². The maximum Gasteiger partial charge on any atom is 0.326 e. The number of ether oxygens (including phenoxy) is 2. The van der Waals surface area contributed by atoms with E-state index in [1.54, 1.807) is 30.7 Å². The third-order valence-corrected chi connectivity index (χ3v) is 11.6. The summed E-state index contributed by atoms with van der Waals surface area (Å²) in [6.45, 7) is 17.2. The molecule has 0 unspecified atom stereocenters. The first kappa shape index (κ1) is 49.6. The second kappa shape index (κ2) is 22.0. The minimum Gasteiger partial charge on any atom is -0.480 e. The topological polar surface area (TPSA) is 175 Å². The van der Waals surface area contributed by atoms with Crippen LogP contribution >= 0.6 is 0 Å². The van der Waals surface area contributed by atoms with E-state index in [0.717, 1.165) is 5.56 Å². The molecule has 1 heterocycles. The smallest absolute Gasteiger partial charge is 0.326 e. The third-order valence-electron chi connectivity index (χ3n) is 11.6. The highest BCUT2D eigenvalue weighted by atomic mass is 16.5. The average molecular weight is 803 g/mol. The first-order valence-corrected chi connectivity index (χ1v) is 20.5. The lowest BCUT2D eigenvalue weighted by molar-refractivity contribution is -0.161. The van der Waals surface area contributed by atoms with Crippen LogP contribution in [0.3, 0.4) is 0 Å². The SMILES string of the molecule is CC[C@H](C)[C@@H]([C@@H](CC(=O)N1CCC[C@H]1[C@H](OC)[C@@H](C)C(=O)N([C@@H](Cc1ccccc1)C(=O)O)C(C)(C)C)OC)N(C)C(=O)[C@@H](NC(=O)[C@H](C(C)C)N(C)C)[C@H](C)N. The standard InChI is InChI=1S/C43H74N6O8/c1-15-27(4)37(47(12)41(53)35(29(6)44)45-39(51)36(26(2)3)46(10)11)33(56-13)25-34(50)48-23-19-22-31(48)38(57-14)28(5)40(52)49(43(7,8)9)32(42(54)55)24-30-20-17-16-18-21-30/h16-18,20-21,26-29,31-33,35-38H,15,19,22-25,44H2,1-14H3,(H,45,51)(H,54,55)/t27-,28+,29-,31-,32-,33+,35-,36-,37-,38+/m0/s1. The van der Waals surface area contributed by atoms with Crippen LogP contribution in [0.5, 0.6) is 0 Å². The molecule has 2 rings (SSSR count). The number of carboxylic acids is 1. The van der Waals surface area contributed by atoms with Gasteiger partial charge in [0, 0.05) is 45.8 Å². The zero-order chi connectivity index (χ0) is 43.5. The van der Waals surface area contributed by atoms with E-state index in [1.165, 1.54) is 19.1 Å². The molecular weight excluding hydrogens is 729 g/mol. The minimum atomic E-state index is -1.12. The fourth-order valence-electron chi connectivity index (χ4n) is 8.60. The van der Waals surface area contributed by atoms with E-state index < -0.39 is 65.9 Å². The van der Waals surface area contributed by atoms with Gasteiger partial charge in [-0.25, -0.2) is 4.79 Å². The number of likely N-dealkylation sites (tertiary alicyclic amines) is 1. The number of nitrogens with two attached hydrogens (primary N) is 1. The molecule has 0 aliphatic carbocycles. The number of hydrogen-bond acceptors (Lipinski definition) is 9. The van der Waals surface area contributed by atoms with Crippen LogP contribution in [0.15, 0.2) is 30.3 Å². The summed E-state index contributed by atoms with van der Waals surface area (Å²) in [5, 5.41) is 13.3. The summed E-state index contributed by atoms with van der Waals surface area (Å²) >= 11 is 0. The Morgan fingerprint density at radius 3 is 2.02 bits per heavy atom. The highest BCUT2D eigenvalue weighted by Gasteiger charge is 2.46. The number of nitrogens with zero attached hydrogens (tertiary/aromatic N) is 4. The minimum absolute atomic E-state index is 0.00902. The van der Waals surface area contributed by atoms with Gasteiger partial charge in [0.2, 0.25) is 23.6 Å². The van der Waals surface area contributed by atoms with Gasteiger partial charge < -0.3 is 40.3 Å². The number of hydrogen-bond donors (Lipinski definition) is 3. The predicted molar refractivity (Wildman–Crippen MR) is 222 cm³/mol. The van der Waals surface area contributed by atoms with Crippen molar-refractivity contribution in [3.63, 3.8) is 0 Å². The number of aliphatic carboxylic acids is 1. The van der Waals surface area contributed by atoms with Crippen molar-refractivity contribution in [2.75, 3.05) is 41.9 Å². The number of likely N-dealkylation sites (N-methyl/N-ethyl adjacent to an activating group) is 2. The van der Waals surface area contributed by atoms with Gasteiger partial charge in [-0.1, -0.05) is 71.4 Å². The lowest BCUT2D eigenvalue weighted by Crippen LogP contribution is -2.62. The van der Waals surface area contributed by atoms with Crippen LogP contribution in [-0.4, -0.2) is 150 Å². The fraction of sp³-hybridized carbons (Fsp3) is 0.744. The maximum absolute atomic E-state index is 14.5. The Morgan fingerprint density at radius 2 is 1.56 bits per heavy atom. The predicted octanol–water partition coefficient (Wildman–Crippen LogP) is 3.65. The molecule has 1 fully saturated rings. The zero-order valence-electron chi connectivity index (χ0n) is 37.2. The van der Waals surface area contributed by atoms with Gasteiger partial charge in [-0.2, -0.15) is 0 Å². The van der Waals surface area contributed by atoms with Crippen molar-refractivity contribution < 1.29 is 38.6 Å². The quantitative estimate of drug-likeness (QED) is 0.167. The Bertz CT molecular complexity index is 1460. The Labute approximate surface area is 342 Å². The number of benzene rings is 1. The van der Waals surface area contributed by atoms with Gasteiger partial charge in [-0.3, -0.25) is 24.1 Å². The summed E-state index contributed by atoms with van der Waals surface area (Å²) in [4.78, 5) is 75.8. The van der Waals surface area contributed by atoms with E-state index in [1.807, 2.05) is 97.8 Å². The Balaban J connectivity index is 2.40. The average Bonchev–Trinajstić information content (AvgIpc) is 3.62. The third kappa shape index (κ3) is 12.7. The van der Waals surface area contributed by atoms with Crippen LogP contribution in [-0.2, 0) is 39.9 Å². The monoisotopic (exact) mass is 803 g/mol. The van der Waals surface area contributed by atoms with Gasteiger partial charge in [0.1, 0.15) is 12.1 Å². The number of amides is 4. The molecular formula is C43H74N6O8. The number of nitrogens with one attached hydrogen (secondary N) is 1. The highest BCUT2D eigenvalue weighted by molar-refractivity contribution is 5.91. The molecule has 10 atom stereocenters. The van der Waals surface area contributed by atoms with E-state index in [4.69, 9.17) is 15.2 Å². The summed E-state index contributed by atoms with van der Waals surface area (Å²) in [7, 11) is 8.34. The fourth-order valence-corrected chi connectivity index (χ4v) is 8.60. The van der Waals surface area contributed by atoms with E-state index in [0.29, 0.717) is 25.8 Å². The Kier molecular flexibility index (Phi) is 19.1. The van der Waals surface area contributed by atoms with Crippen molar-refractivity contribution in [2.24, 2.45) is 23.5 Å². The molecule has 1 aromatic rings. The van der Waals surface area contributed by atoms with Crippen LogP contribution in [0.2, 0.25) is 0 Å². The van der Waals surface area contributed by atoms with Crippen LogP contribution in [0.1, 0.15) is 93.6 Å². The second-order valence-corrected chi connectivity index (χ2v) is 17.5. The molecule has 0 aromatic heterocycles. The molecule has 57 heavy (non-hydrogen) atoms. The second-order valence-electron chi connectivity index (χ2n) is 17.5. The Hall–Kier alpha value is -3.59. The van der Waals surface area contributed by atoms with E-state index in [9.17, 15) is 29.1 Å². The van der Waals surface area contributed by atoms with Crippen LogP contribution in [0.4, 0.5) is 0 Å². The van der Waals surface area contributed by atoms with Gasteiger partial charge in [-0.05, 0) is 72.0 Å². The summed E-state index contributed by atoms with van der Waals surface area (Å²) in [5.41, 5.74) is 6.30. The van der Waals surface area contributed by atoms with Crippen LogP contribution in [0, 0.1) is 17.8 Å². The van der Waals surface area contributed by atoms with Gasteiger partial charge in [0.25, 0.3) is 0 Å². The van der Waals surface area contributed by atoms with Gasteiger partial charge in [-0.15, -0.1) is 0 Å². The molecule has 324 valence electrons. The molecule has 0 radical (unpaired) electrons. The summed E-state index contributed by atoms with van der Waals surface area (Å²) < 4.78 is 12.0. The molecule has 4 amide bonds. The van der Waals surface area contributed by atoms with Crippen LogP contribution in [0.25, 0.3) is 0 Å². The molecule has 4 N–H and O–H groups in total. The highest BCUT2D eigenvalue weighted by Crippen LogP contribution is 2.32. The van der Waals surface area contributed by atoms with Gasteiger partial charge >= 0.3 is 5.97 Å². The van der Waals surface area contributed by atoms with Crippen molar-refractivity contribution in [2.45, 2.75) is 148 Å². The molecule has 1 aromatic carbocycles. The normalized spacial score (nSPS) is 19.5. The molecule has 0 saturated carbocycles. The van der Waals surface area contributed by atoms with Crippen molar-refractivity contribution in [1.29, 1.82) is 0 Å². The molecule has 0 bridgehead atoms. The molecule has 14 nitrogen and oxygen atoms in total. The molecule has 14 heteroatoms. The van der Waals surface area contributed by atoms with E-state index in [-0.39, 0.29) is 48.3 Å². The van der Waals surface area contributed by atoms with Crippen molar-refractivity contribution >= 4 is 29.6 Å². The summed E-state index contributed by atoms with van der Waals surface area (Å²) in [6, 6.07) is 4.95. The largest absolute Gasteiger partial charge is 0.480 e. The maximum atomic E-state index is 14.5. The number of carbonyl (C=O) groups excluding carboxylic acids is 4. The van der Waals surface area contributed by atoms with E-state index in [2.05, 4.69) is 5.32 Å². The first-order valence-electron chi connectivity index (χ1n) is 20.5. The lowest BCUT2D eigenvalue weighted by Gasteiger charge is -2.44. The lowest BCUT2D eigenvalue weighted by atomic mass is 9.89. The molecule has 1 aliphatic rings. The molecule has 1 saturated heterocycles.